The molecule has 1 amide bonds. The maximum Gasteiger partial charge on any atom is 0.416 e. The Kier molecular flexibility index (Phi) is 7.99. The molecule has 8 nitrogen and oxygen atoms in total. The van der Waals surface area contributed by atoms with E-state index in [2.05, 4.69) is 27.6 Å². The van der Waals surface area contributed by atoms with Gasteiger partial charge in [0.1, 0.15) is 0 Å². The third kappa shape index (κ3) is 6.51. The van der Waals surface area contributed by atoms with Gasteiger partial charge in [0, 0.05) is 42.3 Å². The van der Waals surface area contributed by atoms with Crippen molar-refractivity contribution in [3.63, 3.8) is 0 Å². The number of aryl methyl sites for hydroxylation is 3. The standard InChI is InChI=1S/C30H34F3N7O/c1-4-18-12-20(13-21-16-35-29(38-28(18)21)36-23-8-6-22(34)7-9-23)25-15-26(39-40(25)3)37-27(41)14-19-11-17(2)5-10-24(19)30(31,32)33/h5,10-13,15-16,22-23H,4,6-9,14,34H2,1-3H3,(H,35,36,38)(H,37,39,41). The number of halogens is 3. The highest BCUT2D eigenvalue weighted by atomic mass is 19.4. The number of amides is 1. The maximum atomic E-state index is 13.5. The largest absolute Gasteiger partial charge is 0.416 e. The molecule has 41 heavy (non-hydrogen) atoms. The molecule has 11 heteroatoms. The van der Waals surface area contributed by atoms with E-state index in [1.807, 2.05) is 12.1 Å². The van der Waals surface area contributed by atoms with Crippen LogP contribution in [0.4, 0.5) is 24.9 Å². The monoisotopic (exact) mass is 565 g/mol. The molecule has 1 aliphatic carbocycles. The summed E-state index contributed by atoms with van der Waals surface area (Å²) < 4.78 is 42.0. The Morgan fingerprint density at radius 1 is 1.10 bits per heavy atom. The average Bonchev–Trinajstić information content (AvgIpc) is 3.28. The molecule has 0 spiro atoms. The fourth-order valence-electron chi connectivity index (χ4n) is 5.46. The SMILES string of the molecule is CCc1cc(-c2cc(NC(=O)Cc3cc(C)ccc3C(F)(F)F)nn2C)cc2cnc(NC3CCC(N)CC3)nc12. The Bertz CT molecular complexity index is 1570. The van der Waals surface area contributed by atoms with Crippen LogP contribution in [0.3, 0.4) is 0 Å². The highest BCUT2D eigenvalue weighted by Gasteiger charge is 2.33. The van der Waals surface area contributed by atoms with Gasteiger partial charge in [0.25, 0.3) is 0 Å². The molecule has 0 atom stereocenters. The second-order valence-electron chi connectivity index (χ2n) is 10.8. The zero-order valence-corrected chi connectivity index (χ0v) is 23.3. The number of anilines is 2. The van der Waals surface area contributed by atoms with Gasteiger partial charge in [0.05, 0.1) is 23.2 Å². The van der Waals surface area contributed by atoms with E-state index in [-0.39, 0.29) is 17.4 Å². The summed E-state index contributed by atoms with van der Waals surface area (Å²) in [6, 6.07) is 10.1. The summed E-state index contributed by atoms with van der Waals surface area (Å²) >= 11 is 0. The molecule has 0 aliphatic heterocycles. The van der Waals surface area contributed by atoms with Gasteiger partial charge in [-0.1, -0.05) is 24.6 Å². The molecule has 1 fully saturated rings. The van der Waals surface area contributed by atoms with Crippen LogP contribution in [0.2, 0.25) is 0 Å². The van der Waals surface area contributed by atoms with Gasteiger partial charge in [-0.3, -0.25) is 9.48 Å². The Morgan fingerprint density at radius 2 is 1.85 bits per heavy atom. The Balaban J connectivity index is 1.35. The van der Waals surface area contributed by atoms with Crippen LogP contribution in [0.1, 0.15) is 54.9 Å². The number of alkyl halides is 3. The lowest BCUT2D eigenvalue weighted by Gasteiger charge is -2.26. The van der Waals surface area contributed by atoms with Crippen LogP contribution in [-0.2, 0) is 30.9 Å². The van der Waals surface area contributed by atoms with Gasteiger partial charge in [-0.05, 0) is 68.4 Å². The molecule has 0 unspecified atom stereocenters. The number of carbonyl (C=O) groups excluding carboxylic acids is 1. The van der Waals surface area contributed by atoms with Crippen LogP contribution in [-0.4, -0.2) is 37.7 Å². The van der Waals surface area contributed by atoms with Gasteiger partial charge in [-0.25, -0.2) is 9.97 Å². The quantitative estimate of drug-likeness (QED) is 0.262. The van der Waals surface area contributed by atoms with Crippen molar-refractivity contribution in [1.82, 2.24) is 19.7 Å². The third-order valence-corrected chi connectivity index (χ3v) is 7.61. The molecule has 2 aromatic carbocycles. The third-order valence-electron chi connectivity index (χ3n) is 7.61. The van der Waals surface area contributed by atoms with E-state index in [9.17, 15) is 18.0 Å². The van der Waals surface area contributed by atoms with Gasteiger partial charge in [-0.15, -0.1) is 0 Å². The second kappa shape index (κ2) is 11.5. The number of aromatic nitrogens is 4. The molecular weight excluding hydrogens is 531 g/mol. The number of rotatable bonds is 7. The lowest BCUT2D eigenvalue weighted by molar-refractivity contribution is -0.138. The van der Waals surface area contributed by atoms with E-state index in [1.165, 1.54) is 12.1 Å². The number of fused-ring (bicyclic) bond motifs is 1. The molecule has 4 N–H and O–H groups in total. The minimum atomic E-state index is -4.54. The molecule has 216 valence electrons. The molecule has 5 rings (SSSR count). The Labute approximate surface area is 236 Å². The van der Waals surface area contributed by atoms with Gasteiger partial charge >= 0.3 is 6.18 Å². The van der Waals surface area contributed by atoms with E-state index in [0.717, 1.165) is 65.9 Å². The van der Waals surface area contributed by atoms with Crippen molar-refractivity contribution in [3.8, 4) is 11.3 Å². The van der Waals surface area contributed by atoms with Gasteiger partial charge in [0.15, 0.2) is 5.82 Å². The van der Waals surface area contributed by atoms with Crippen LogP contribution in [0, 0.1) is 6.92 Å². The number of benzene rings is 2. The predicted molar refractivity (Wildman–Crippen MR) is 153 cm³/mol. The van der Waals surface area contributed by atoms with Crippen molar-refractivity contribution in [3.05, 3.63) is 64.8 Å². The number of nitrogens with one attached hydrogen (secondary N) is 2. The molecule has 0 bridgehead atoms. The first kappa shape index (κ1) is 28.5. The molecule has 2 aromatic heterocycles. The van der Waals surface area contributed by atoms with Crippen molar-refractivity contribution < 1.29 is 18.0 Å². The maximum absolute atomic E-state index is 13.5. The van der Waals surface area contributed by atoms with Crippen molar-refractivity contribution >= 4 is 28.6 Å². The molecule has 1 saturated carbocycles. The predicted octanol–water partition coefficient (Wildman–Crippen LogP) is 5.78. The highest BCUT2D eigenvalue weighted by Crippen LogP contribution is 2.33. The molecular formula is C30H34F3N7O. The lowest BCUT2D eigenvalue weighted by Crippen LogP contribution is -2.33. The van der Waals surface area contributed by atoms with E-state index in [4.69, 9.17) is 10.7 Å². The van der Waals surface area contributed by atoms with Crippen LogP contribution in [0.5, 0.6) is 0 Å². The van der Waals surface area contributed by atoms with Crippen molar-refractivity contribution in [2.45, 2.75) is 70.6 Å². The van der Waals surface area contributed by atoms with Crippen LogP contribution < -0.4 is 16.4 Å². The number of nitrogens with two attached hydrogens (primary N) is 1. The molecule has 2 heterocycles. The number of hydrogen-bond donors (Lipinski definition) is 3. The minimum absolute atomic E-state index is 0.0748. The highest BCUT2D eigenvalue weighted by molar-refractivity contribution is 5.93. The number of carbonyl (C=O) groups is 1. The number of nitrogens with zero attached hydrogens (tertiary/aromatic N) is 4. The minimum Gasteiger partial charge on any atom is -0.351 e. The molecule has 0 radical (unpaired) electrons. The molecule has 1 aliphatic rings. The zero-order valence-electron chi connectivity index (χ0n) is 23.3. The van der Waals surface area contributed by atoms with E-state index in [0.29, 0.717) is 17.6 Å². The normalized spacial score (nSPS) is 17.5. The first-order valence-corrected chi connectivity index (χ1v) is 13.8. The van der Waals surface area contributed by atoms with E-state index < -0.39 is 24.1 Å². The summed E-state index contributed by atoms with van der Waals surface area (Å²) in [6.45, 7) is 3.75. The lowest BCUT2D eigenvalue weighted by atomic mass is 9.92. The summed E-state index contributed by atoms with van der Waals surface area (Å²) in [7, 11) is 1.75. The van der Waals surface area contributed by atoms with Gasteiger partial charge in [0.2, 0.25) is 11.9 Å². The fourth-order valence-corrected chi connectivity index (χ4v) is 5.46. The summed E-state index contributed by atoms with van der Waals surface area (Å²) in [6.07, 6.45) is 1.56. The van der Waals surface area contributed by atoms with Gasteiger partial charge in [-0.2, -0.15) is 18.3 Å². The smallest absolute Gasteiger partial charge is 0.351 e. The first-order chi connectivity index (χ1) is 19.5. The van der Waals surface area contributed by atoms with Crippen molar-refractivity contribution in [1.29, 1.82) is 0 Å². The van der Waals surface area contributed by atoms with Crippen molar-refractivity contribution in [2.24, 2.45) is 12.8 Å². The first-order valence-electron chi connectivity index (χ1n) is 13.8. The van der Waals surface area contributed by atoms with Crippen molar-refractivity contribution in [2.75, 3.05) is 10.6 Å². The Morgan fingerprint density at radius 3 is 2.56 bits per heavy atom. The topological polar surface area (TPSA) is 111 Å². The summed E-state index contributed by atoms with van der Waals surface area (Å²) in [5, 5.41) is 11.4. The number of hydrogen-bond acceptors (Lipinski definition) is 6. The summed E-state index contributed by atoms with van der Waals surface area (Å²) in [5.41, 5.74) is 9.31. The second-order valence-corrected chi connectivity index (χ2v) is 10.8. The summed E-state index contributed by atoms with van der Waals surface area (Å²) in [5.74, 6) is 0.287. The Hall–Kier alpha value is -3.99. The molecule has 4 aromatic rings. The van der Waals surface area contributed by atoms with E-state index >= 15 is 0 Å². The summed E-state index contributed by atoms with van der Waals surface area (Å²) in [4.78, 5) is 22.1. The van der Waals surface area contributed by atoms with Crippen LogP contribution >= 0.6 is 0 Å². The fraction of sp³-hybridized carbons (Fsp3) is 0.400. The zero-order chi connectivity index (χ0) is 29.3. The average molecular weight is 566 g/mol. The van der Waals surface area contributed by atoms with Crippen LogP contribution in [0.15, 0.2) is 42.6 Å². The molecule has 0 saturated heterocycles. The van der Waals surface area contributed by atoms with E-state index in [1.54, 1.807) is 30.9 Å². The van der Waals surface area contributed by atoms with Crippen LogP contribution in [0.25, 0.3) is 22.2 Å². The van der Waals surface area contributed by atoms with Gasteiger partial charge < -0.3 is 16.4 Å².